The number of amides is 1. The highest BCUT2D eigenvalue weighted by atomic mass is 79.9. The fourth-order valence-corrected chi connectivity index (χ4v) is 9.19. The Labute approximate surface area is 140 Å². The first-order chi connectivity index (χ1) is 10.3. The van der Waals surface area contributed by atoms with Gasteiger partial charge in [0.05, 0.1) is 16.9 Å². The summed E-state index contributed by atoms with van der Waals surface area (Å²) in [5.74, 6) is 2.22. The summed E-state index contributed by atoms with van der Waals surface area (Å²) in [7, 11) is -2.86. The number of sulfone groups is 1. The highest BCUT2D eigenvalue weighted by Gasteiger charge is 2.59. The van der Waals surface area contributed by atoms with E-state index in [2.05, 4.69) is 21.2 Å². The molecule has 5 fully saturated rings. The van der Waals surface area contributed by atoms with Gasteiger partial charge in [-0.1, -0.05) is 15.9 Å². The number of rotatable bonds is 3. The molecule has 6 heteroatoms. The molecule has 1 aliphatic heterocycles. The number of hydrogen-bond acceptors (Lipinski definition) is 3. The van der Waals surface area contributed by atoms with Crippen LogP contribution < -0.4 is 5.32 Å². The minimum Gasteiger partial charge on any atom is -0.355 e. The zero-order valence-electron chi connectivity index (χ0n) is 12.8. The second-order valence-electron chi connectivity index (χ2n) is 8.37. The zero-order chi connectivity index (χ0) is 15.6. The van der Waals surface area contributed by atoms with Gasteiger partial charge in [0.15, 0.2) is 9.84 Å². The van der Waals surface area contributed by atoms with Gasteiger partial charge in [-0.2, -0.15) is 0 Å². The SMILES string of the molecule is O=C(NCC1CCS(=O)(=O)C1)C12CC3CC(CC(Br)(C3)C1)C2. The van der Waals surface area contributed by atoms with Crippen molar-refractivity contribution >= 4 is 31.7 Å². The summed E-state index contributed by atoms with van der Waals surface area (Å²) in [6, 6.07) is 0. The molecule has 3 unspecified atom stereocenters. The van der Waals surface area contributed by atoms with Gasteiger partial charge < -0.3 is 5.32 Å². The molecular formula is C16H24BrNO3S. The third-order valence-corrected chi connectivity index (χ3v) is 9.11. The first kappa shape index (κ1) is 15.4. The molecule has 5 aliphatic rings. The minimum atomic E-state index is -2.86. The highest BCUT2D eigenvalue weighted by molar-refractivity contribution is 9.10. The smallest absolute Gasteiger partial charge is 0.226 e. The average Bonchev–Trinajstić information content (AvgIpc) is 2.72. The van der Waals surface area contributed by atoms with Gasteiger partial charge in [0.2, 0.25) is 5.91 Å². The molecule has 1 N–H and O–H groups in total. The summed E-state index contributed by atoms with van der Waals surface area (Å²) in [5.41, 5.74) is -0.189. The van der Waals surface area contributed by atoms with Crippen molar-refractivity contribution in [1.29, 1.82) is 0 Å². The van der Waals surface area contributed by atoms with E-state index in [1.165, 1.54) is 19.3 Å². The van der Waals surface area contributed by atoms with Crippen LogP contribution in [-0.4, -0.2) is 36.7 Å². The van der Waals surface area contributed by atoms with Crippen LogP contribution in [0.15, 0.2) is 0 Å². The number of alkyl halides is 1. The molecule has 4 bridgehead atoms. The summed E-state index contributed by atoms with van der Waals surface area (Å²) in [5, 5.41) is 3.11. The fraction of sp³-hybridized carbons (Fsp3) is 0.938. The largest absolute Gasteiger partial charge is 0.355 e. The maximum absolute atomic E-state index is 12.9. The van der Waals surface area contributed by atoms with Crippen molar-refractivity contribution < 1.29 is 13.2 Å². The van der Waals surface area contributed by atoms with Gasteiger partial charge >= 0.3 is 0 Å². The van der Waals surface area contributed by atoms with Crippen LogP contribution in [0.25, 0.3) is 0 Å². The Morgan fingerprint density at radius 2 is 1.86 bits per heavy atom. The molecule has 4 aliphatic carbocycles. The minimum absolute atomic E-state index is 0.112. The van der Waals surface area contributed by atoms with E-state index in [1.54, 1.807) is 0 Å². The third-order valence-electron chi connectivity index (χ3n) is 6.35. The fourth-order valence-electron chi connectivity index (χ4n) is 5.87. The number of halogens is 1. The Balaban J connectivity index is 1.42. The molecule has 4 saturated carbocycles. The lowest BCUT2D eigenvalue weighted by atomic mass is 9.49. The molecule has 0 radical (unpaired) electrons. The van der Waals surface area contributed by atoms with Gasteiger partial charge in [-0.15, -0.1) is 0 Å². The second-order valence-corrected chi connectivity index (χ2v) is 12.3. The highest BCUT2D eigenvalue weighted by Crippen LogP contribution is 2.64. The molecule has 124 valence electrons. The maximum Gasteiger partial charge on any atom is 0.226 e. The Bertz CT molecular complexity index is 589. The first-order valence-electron chi connectivity index (χ1n) is 8.45. The zero-order valence-corrected chi connectivity index (χ0v) is 15.2. The normalized spacial score (nSPS) is 48.5. The summed E-state index contributed by atoms with van der Waals surface area (Å²) >= 11 is 3.93. The lowest BCUT2D eigenvalue weighted by Crippen LogP contribution is -2.58. The predicted molar refractivity (Wildman–Crippen MR) is 88.5 cm³/mol. The van der Waals surface area contributed by atoms with Crippen molar-refractivity contribution in [2.75, 3.05) is 18.1 Å². The molecule has 1 saturated heterocycles. The van der Waals surface area contributed by atoms with Crippen molar-refractivity contribution in [3.63, 3.8) is 0 Å². The topological polar surface area (TPSA) is 63.2 Å². The van der Waals surface area contributed by atoms with Crippen LogP contribution in [-0.2, 0) is 14.6 Å². The van der Waals surface area contributed by atoms with Crippen LogP contribution in [0.4, 0.5) is 0 Å². The number of nitrogens with one attached hydrogen (secondary N) is 1. The number of carbonyl (C=O) groups is 1. The van der Waals surface area contributed by atoms with E-state index in [1.807, 2.05) is 0 Å². The third kappa shape index (κ3) is 2.64. The summed E-state index contributed by atoms with van der Waals surface area (Å²) < 4.78 is 23.2. The van der Waals surface area contributed by atoms with Crippen LogP contribution in [0.5, 0.6) is 0 Å². The van der Waals surface area contributed by atoms with E-state index in [9.17, 15) is 13.2 Å². The second kappa shape index (κ2) is 4.95. The van der Waals surface area contributed by atoms with E-state index >= 15 is 0 Å². The van der Waals surface area contributed by atoms with Crippen LogP contribution in [0.3, 0.4) is 0 Å². The number of hydrogen-bond donors (Lipinski definition) is 1. The van der Waals surface area contributed by atoms with E-state index < -0.39 is 9.84 Å². The Morgan fingerprint density at radius 1 is 1.18 bits per heavy atom. The molecule has 3 atom stereocenters. The van der Waals surface area contributed by atoms with Gasteiger partial charge in [0, 0.05) is 10.9 Å². The molecule has 1 amide bonds. The average molecular weight is 390 g/mol. The van der Waals surface area contributed by atoms with E-state index in [0.717, 1.165) is 19.3 Å². The van der Waals surface area contributed by atoms with Crippen molar-refractivity contribution in [2.45, 2.75) is 49.3 Å². The Hall–Kier alpha value is -0.100. The molecule has 22 heavy (non-hydrogen) atoms. The maximum atomic E-state index is 12.9. The standard InChI is InChI=1S/C16H24BrNO3S/c17-16-6-12-3-13(7-16)5-15(4-12,10-16)14(19)18-8-11-1-2-22(20,21)9-11/h11-13H,1-10H2,(H,18,19). The molecule has 1 heterocycles. The lowest BCUT2D eigenvalue weighted by molar-refractivity contribution is -0.144. The molecular weight excluding hydrogens is 366 g/mol. The molecule has 0 aromatic carbocycles. The van der Waals surface area contributed by atoms with Gasteiger partial charge in [-0.25, -0.2) is 8.42 Å². The molecule has 0 aromatic heterocycles. The lowest BCUT2D eigenvalue weighted by Gasteiger charge is -2.59. The monoisotopic (exact) mass is 389 g/mol. The summed E-state index contributed by atoms with van der Waals surface area (Å²) in [6.45, 7) is 0.532. The molecule has 4 nitrogen and oxygen atoms in total. The van der Waals surface area contributed by atoms with Crippen molar-refractivity contribution in [1.82, 2.24) is 5.32 Å². The summed E-state index contributed by atoms with van der Waals surface area (Å²) in [6.07, 6.45) is 7.46. The molecule has 5 rings (SSSR count). The van der Waals surface area contributed by atoms with E-state index in [0.29, 0.717) is 24.8 Å². The van der Waals surface area contributed by atoms with Crippen LogP contribution in [0.2, 0.25) is 0 Å². The first-order valence-corrected chi connectivity index (χ1v) is 11.1. The Kier molecular flexibility index (Phi) is 3.47. The molecule has 0 aromatic rings. The van der Waals surface area contributed by atoms with E-state index in [4.69, 9.17) is 0 Å². The quantitative estimate of drug-likeness (QED) is 0.752. The van der Waals surface area contributed by atoms with Crippen molar-refractivity contribution in [2.24, 2.45) is 23.2 Å². The van der Waals surface area contributed by atoms with Crippen LogP contribution in [0, 0.1) is 23.2 Å². The van der Waals surface area contributed by atoms with Crippen LogP contribution >= 0.6 is 15.9 Å². The molecule has 0 spiro atoms. The number of carbonyl (C=O) groups excluding carboxylic acids is 1. The predicted octanol–water partition coefficient (Wildman–Crippen LogP) is 2.27. The van der Waals surface area contributed by atoms with Gasteiger partial charge in [-0.05, 0) is 62.7 Å². The van der Waals surface area contributed by atoms with Gasteiger partial charge in [-0.3, -0.25) is 4.79 Å². The van der Waals surface area contributed by atoms with Crippen molar-refractivity contribution in [3.8, 4) is 0 Å². The van der Waals surface area contributed by atoms with Gasteiger partial charge in [0.25, 0.3) is 0 Å². The van der Waals surface area contributed by atoms with Crippen molar-refractivity contribution in [3.05, 3.63) is 0 Å². The summed E-state index contributed by atoms with van der Waals surface area (Å²) in [4.78, 5) is 12.9. The van der Waals surface area contributed by atoms with Crippen LogP contribution in [0.1, 0.15) is 44.9 Å². The van der Waals surface area contributed by atoms with Gasteiger partial charge in [0.1, 0.15) is 0 Å². The Morgan fingerprint density at radius 3 is 2.41 bits per heavy atom. The van der Waals surface area contributed by atoms with E-state index in [-0.39, 0.29) is 33.1 Å².